The summed E-state index contributed by atoms with van der Waals surface area (Å²) in [5.41, 5.74) is -1.77. The largest absolute Gasteiger partial charge is 0.416 e. The third kappa shape index (κ3) is 3.61. The van der Waals surface area contributed by atoms with Gasteiger partial charge in [-0.2, -0.15) is 13.2 Å². The second kappa shape index (κ2) is 7.53. The van der Waals surface area contributed by atoms with Crippen LogP contribution in [0.3, 0.4) is 0 Å². The highest BCUT2D eigenvalue weighted by atomic mass is 19.4. The van der Waals surface area contributed by atoms with Crippen molar-refractivity contribution in [3.05, 3.63) is 69.3 Å². The van der Waals surface area contributed by atoms with Crippen LogP contribution in [0, 0.1) is 6.92 Å². The molecule has 0 aliphatic heterocycles. The highest BCUT2D eigenvalue weighted by Crippen LogP contribution is 2.47. The average molecular weight is 452 g/mol. The Bertz CT molecular complexity index is 1320. The van der Waals surface area contributed by atoms with Gasteiger partial charge in [-0.3, -0.25) is 9.79 Å². The van der Waals surface area contributed by atoms with E-state index < -0.39 is 35.3 Å². The first-order valence-electron chi connectivity index (χ1n) is 10.0. The van der Waals surface area contributed by atoms with Crippen LogP contribution in [0.15, 0.2) is 46.6 Å². The fourth-order valence-electron chi connectivity index (χ4n) is 4.07. The molecule has 0 unspecified atom stereocenters. The van der Waals surface area contributed by atoms with Crippen LogP contribution < -0.4 is 11.0 Å². The summed E-state index contributed by atoms with van der Waals surface area (Å²) in [4.78, 5) is 21.3. The van der Waals surface area contributed by atoms with Crippen LogP contribution in [-0.4, -0.2) is 20.5 Å². The maximum atomic E-state index is 13.6. The monoisotopic (exact) mass is 452 g/mol. The minimum absolute atomic E-state index is 0.0635. The van der Waals surface area contributed by atoms with Crippen LogP contribution in [0.1, 0.15) is 42.5 Å². The maximum absolute atomic E-state index is 13.6. The summed E-state index contributed by atoms with van der Waals surface area (Å²) in [5.74, 6) is 0. The first-order chi connectivity index (χ1) is 15.0. The number of hydrogen-bond acceptors (Lipinski definition) is 3. The molecule has 32 heavy (non-hydrogen) atoms. The minimum Gasteiger partial charge on any atom is -0.335 e. The number of aryl methyl sites for hydroxylation is 1. The highest BCUT2D eigenvalue weighted by molar-refractivity contribution is 5.76. The van der Waals surface area contributed by atoms with Crippen LogP contribution in [0.4, 0.5) is 22.0 Å². The van der Waals surface area contributed by atoms with Crippen molar-refractivity contribution in [3.8, 4) is 0 Å². The van der Waals surface area contributed by atoms with Crippen LogP contribution >= 0.6 is 0 Å². The number of rotatable bonds is 4. The number of alkyl halides is 5. The fraction of sp³-hybridized carbons (Fsp3) is 0.409. The SMILES string of the molecule is Cc1c([C@@H](C)/N=c2\ncn(C)c3cc(=O)n(C4(C(F)F)CC4)cc23)cccc1C(F)(F)F. The predicted octanol–water partition coefficient (Wildman–Crippen LogP) is 4.48. The molecule has 0 amide bonds. The van der Waals surface area contributed by atoms with Crippen molar-refractivity contribution < 1.29 is 22.0 Å². The molecule has 0 radical (unpaired) electrons. The average Bonchev–Trinajstić information content (AvgIpc) is 3.51. The Balaban J connectivity index is 1.90. The predicted molar refractivity (Wildman–Crippen MR) is 108 cm³/mol. The van der Waals surface area contributed by atoms with Crippen LogP contribution in [0.25, 0.3) is 10.9 Å². The summed E-state index contributed by atoms with van der Waals surface area (Å²) in [6, 6.07) is 4.48. The zero-order chi connectivity index (χ0) is 23.4. The van der Waals surface area contributed by atoms with Gasteiger partial charge in [-0.15, -0.1) is 0 Å². The molecule has 0 saturated heterocycles. The summed E-state index contributed by atoms with van der Waals surface area (Å²) in [7, 11) is 1.66. The smallest absolute Gasteiger partial charge is 0.335 e. The van der Waals surface area contributed by atoms with E-state index in [4.69, 9.17) is 0 Å². The summed E-state index contributed by atoms with van der Waals surface area (Å²) in [5, 5.41) is 0.373. The molecular formula is C22H21F5N4O. The van der Waals surface area contributed by atoms with Gasteiger partial charge in [0.2, 0.25) is 0 Å². The van der Waals surface area contributed by atoms with Crippen molar-refractivity contribution in [1.29, 1.82) is 0 Å². The standard InChI is InChI=1S/C22H21F5N4O/c1-12-14(5-4-6-16(12)22(25,26)27)13(2)29-19-15-10-31(21(7-8-21)20(23)24)18(32)9-17(15)30(3)11-28-19/h4-6,9-11,13,20H,7-8H2,1-3H3/b29-19-/t13-/m1/s1. The van der Waals surface area contributed by atoms with Crippen molar-refractivity contribution in [2.45, 2.75) is 50.9 Å². The molecule has 4 rings (SSSR count). The quantitative estimate of drug-likeness (QED) is 0.549. The van der Waals surface area contributed by atoms with Crippen molar-refractivity contribution >= 4 is 10.9 Å². The molecule has 1 fully saturated rings. The van der Waals surface area contributed by atoms with E-state index in [1.165, 1.54) is 31.6 Å². The van der Waals surface area contributed by atoms with E-state index in [9.17, 15) is 26.7 Å². The van der Waals surface area contributed by atoms with Gasteiger partial charge in [-0.1, -0.05) is 12.1 Å². The van der Waals surface area contributed by atoms with Gasteiger partial charge in [0.05, 0.1) is 28.8 Å². The summed E-state index contributed by atoms with van der Waals surface area (Å²) in [6.45, 7) is 3.03. The zero-order valence-corrected chi connectivity index (χ0v) is 17.6. The third-order valence-electron chi connectivity index (χ3n) is 6.10. The molecule has 1 aromatic carbocycles. The van der Waals surface area contributed by atoms with Gasteiger partial charge in [0.25, 0.3) is 12.0 Å². The van der Waals surface area contributed by atoms with Crippen LogP contribution in [0.5, 0.6) is 0 Å². The molecule has 1 aliphatic rings. The van der Waals surface area contributed by atoms with E-state index in [1.807, 2.05) is 0 Å². The molecular weight excluding hydrogens is 431 g/mol. The summed E-state index contributed by atoms with van der Waals surface area (Å²) >= 11 is 0. The van der Waals surface area contributed by atoms with Crippen molar-refractivity contribution in [2.24, 2.45) is 12.0 Å². The molecule has 0 N–H and O–H groups in total. The van der Waals surface area contributed by atoms with Gasteiger partial charge >= 0.3 is 6.18 Å². The topological polar surface area (TPSA) is 52.2 Å². The Morgan fingerprint density at radius 2 is 1.91 bits per heavy atom. The number of halogens is 5. The van der Waals surface area contributed by atoms with Gasteiger partial charge < -0.3 is 9.13 Å². The first kappa shape index (κ1) is 22.2. The Labute approximate surface area is 179 Å². The van der Waals surface area contributed by atoms with E-state index in [0.29, 0.717) is 16.5 Å². The summed E-state index contributed by atoms with van der Waals surface area (Å²) < 4.78 is 69.8. The fourth-order valence-corrected chi connectivity index (χ4v) is 4.07. The van der Waals surface area contributed by atoms with Crippen LogP contribution in [-0.2, 0) is 18.8 Å². The van der Waals surface area contributed by atoms with Gasteiger partial charge in [0, 0.05) is 19.3 Å². The van der Waals surface area contributed by atoms with Crippen LogP contribution in [0.2, 0.25) is 0 Å². The van der Waals surface area contributed by atoms with Crippen molar-refractivity contribution in [1.82, 2.24) is 14.1 Å². The summed E-state index contributed by atoms with van der Waals surface area (Å²) in [6.07, 6.45) is -4.04. The Morgan fingerprint density at radius 3 is 2.50 bits per heavy atom. The lowest BCUT2D eigenvalue weighted by molar-refractivity contribution is -0.138. The Morgan fingerprint density at radius 1 is 1.22 bits per heavy atom. The van der Waals surface area contributed by atoms with E-state index in [-0.39, 0.29) is 23.9 Å². The molecule has 0 spiro atoms. The number of aromatic nitrogens is 3. The maximum Gasteiger partial charge on any atom is 0.416 e. The molecule has 1 saturated carbocycles. The van der Waals surface area contributed by atoms with Gasteiger partial charge in [0.15, 0.2) is 5.49 Å². The molecule has 10 heteroatoms. The Hall–Kier alpha value is -3.04. The number of hydrogen-bond donors (Lipinski definition) is 0. The lowest BCUT2D eigenvalue weighted by Gasteiger charge is -2.19. The zero-order valence-electron chi connectivity index (χ0n) is 17.6. The first-order valence-corrected chi connectivity index (χ1v) is 10.0. The number of benzene rings is 1. The molecule has 0 bridgehead atoms. The number of nitrogens with zero attached hydrogens (tertiary/aromatic N) is 4. The Kier molecular flexibility index (Phi) is 5.21. The molecule has 170 valence electrons. The van der Waals surface area contributed by atoms with Crippen molar-refractivity contribution in [2.75, 3.05) is 0 Å². The lowest BCUT2D eigenvalue weighted by Crippen LogP contribution is -2.35. The molecule has 1 atom stereocenters. The number of pyridine rings is 1. The number of fused-ring (bicyclic) bond motifs is 1. The molecule has 2 aromatic heterocycles. The van der Waals surface area contributed by atoms with Crippen molar-refractivity contribution in [3.63, 3.8) is 0 Å². The van der Waals surface area contributed by atoms with Gasteiger partial charge in [-0.05, 0) is 43.9 Å². The van der Waals surface area contributed by atoms with Gasteiger partial charge in [-0.25, -0.2) is 13.8 Å². The highest BCUT2D eigenvalue weighted by Gasteiger charge is 2.53. The van der Waals surface area contributed by atoms with E-state index in [1.54, 1.807) is 24.6 Å². The van der Waals surface area contributed by atoms with E-state index in [2.05, 4.69) is 9.98 Å². The third-order valence-corrected chi connectivity index (χ3v) is 6.10. The van der Waals surface area contributed by atoms with Gasteiger partial charge in [0.1, 0.15) is 5.54 Å². The normalized spacial score (nSPS) is 17.2. The molecule has 3 aromatic rings. The second-order valence-corrected chi connectivity index (χ2v) is 8.19. The molecule has 2 heterocycles. The molecule has 1 aliphatic carbocycles. The second-order valence-electron chi connectivity index (χ2n) is 8.19. The minimum atomic E-state index is -4.49. The van der Waals surface area contributed by atoms with E-state index >= 15 is 0 Å². The lowest BCUT2D eigenvalue weighted by atomic mass is 9.97. The van der Waals surface area contributed by atoms with E-state index in [0.717, 1.165) is 10.6 Å². The molecule has 5 nitrogen and oxygen atoms in total.